The van der Waals surface area contributed by atoms with Gasteiger partial charge in [0.05, 0.1) is 6.61 Å². The van der Waals surface area contributed by atoms with E-state index in [9.17, 15) is 14.4 Å². The summed E-state index contributed by atoms with van der Waals surface area (Å²) in [4.78, 5) is 40.6. The molecular formula is C21H31N3O4. The second-order valence-corrected chi connectivity index (χ2v) is 7.52. The van der Waals surface area contributed by atoms with Crippen molar-refractivity contribution in [3.8, 4) is 0 Å². The minimum Gasteiger partial charge on any atom is -0.450 e. The summed E-state index contributed by atoms with van der Waals surface area (Å²) in [7, 11) is 1.65. The molecule has 0 unspecified atom stereocenters. The zero-order chi connectivity index (χ0) is 21.1. The Labute approximate surface area is 167 Å². The van der Waals surface area contributed by atoms with Crippen LogP contribution in [0.4, 0.5) is 10.5 Å². The maximum Gasteiger partial charge on any atom is 0.409 e. The lowest BCUT2D eigenvalue weighted by atomic mass is 9.84. The molecule has 1 N–H and O–H groups in total. The Morgan fingerprint density at radius 1 is 1.14 bits per heavy atom. The third-order valence-corrected chi connectivity index (χ3v) is 5.57. The van der Waals surface area contributed by atoms with E-state index < -0.39 is 5.54 Å². The van der Waals surface area contributed by atoms with Gasteiger partial charge in [-0.2, -0.15) is 0 Å². The summed E-state index contributed by atoms with van der Waals surface area (Å²) in [5, 5.41) is 3.05. The fourth-order valence-electron chi connectivity index (χ4n) is 3.90. The molecule has 0 atom stereocenters. The molecule has 0 spiro atoms. The van der Waals surface area contributed by atoms with Crippen LogP contribution in [0.15, 0.2) is 12.1 Å². The van der Waals surface area contributed by atoms with Gasteiger partial charge in [-0.15, -0.1) is 0 Å². The molecule has 1 heterocycles. The maximum absolute atomic E-state index is 13.4. The van der Waals surface area contributed by atoms with Crippen LogP contribution < -0.4 is 5.32 Å². The molecule has 7 nitrogen and oxygen atoms in total. The summed E-state index contributed by atoms with van der Waals surface area (Å²) in [6.45, 7) is 10.2. The third-order valence-electron chi connectivity index (χ3n) is 5.57. The SMILES string of the molecule is CCOC(=O)N1CCC(C(=O)Nc2c(C)cc(C)cc2C)(N(C)C(C)=O)CC1. The Morgan fingerprint density at radius 3 is 2.14 bits per heavy atom. The molecule has 3 amide bonds. The van der Waals surface area contributed by atoms with Crippen LogP contribution in [0, 0.1) is 20.8 Å². The number of likely N-dealkylation sites (tertiary alicyclic amines) is 1. The van der Waals surface area contributed by atoms with E-state index >= 15 is 0 Å². The fraction of sp³-hybridized carbons (Fsp3) is 0.571. The van der Waals surface area contributed by atoms with Gasteiger partial charge in [-0.25, -0.2) is 4.79 Å². The molecule has 0 saturated carbocycles. The zero-order valence-electron chi connectivity index (χ0n) is 17.7. The third kappa shape index (κ3) is 4.29. The van der Waals surface area contributed by atoms with Gasteiger partial charge < -0.3 is 19.9 Å². The number of likely N-dealkylation sites (N-methyl/N-ethyl adjacent to an activating group) is 1. The van der Waals surface area contributed by atoms with E-state index in [0.717, 1.165) is 22.4 Å². The van der Waals surface area contributed by atoms with Crippen LogP contribution in [0.5, 0.6) is 0 Å². The largest absolute Gasteiger partial charge is 0.450 e. The molecule has 28 heavy (non-hydrogen) atoms. The van der Waals surface area contributed by atoms with Crippen LogP contribution in [0.25, 0.3) is 0 Å². The number of carbonyl (C=O) groups is 3. The van der Waals surface area contributed by atoms with E-state index in [1.165, 1.54) is 11.8 Å². The van der Waals surface area contributed by atoms with Crippen molar-refractivity contribution in [2.75, 3.05) is 32.1 Å². The van der Waals surface area contributed by atoms with Gasteiger partial charge in [-0.05, 0) is 51.7 Å². The van der Waals surface area contributed by atoms with Crippen LogP contribution in [0.2, 0.25) is 0 Å². The molecular weight excluding hydrogens is 358 g/mol. The van der Waals surface area contributed by atoms with Crippen molar-refractivity contribution in [1.82, 2.24) is 9.80 Å². The van der Waals surface area contributed by atoms with Crippen molar-refractivity contribution in [2.45, 2.75) is 53.0 Å². The molecule has 0 aliphatic carbocycles. The number of amides is 3. The van der Waals surface area contributed by atoms with Gasteiger partial charge in [0.2, 0.25) is 11.8 Å². The van der Waals surface area contributed by atoms with Gasteiger partial charge in [-0.1, -0.05) is 17.7 Å². The quantitative estimate of drug-likeness (QED) is 0.859. The van der Waals surface area contributed by atoms with Gasteiger partial charge in [0, 0.05) is 32.7 Å². The van der Waals surface area contributed by atoms with Crippen molar-refractivity contribution in [3.63, 3.8) is 0 Å². The van der Waals surface area contributed by atoms with Crippen molar-refractivity contribution in [3.05, 3.63) is 28.8 Å². The van der Waals surface area contributed by atoms with E-state index in [1.807, 2.05) is 32.9 Å². The minimum absolute atomic E-state index is 0.183. The number of benzene rings is 1. The molecule has 1 aromatic rings. The molecule has 1 aliphatic heterocycles. The maximum atomic E-state index is 13.4. The first-order valence-electron chi connectivity index (χ1n) is 9.67. The number of ether oxygens (including phenoxy) is 1. The monoisotopic (exact) mass is 389 g/mol. The normalized spacial score (nSPS) is 15.7. The predicted molar refractivity (Wildman–Crippen MR) is 108 cm³/mol. The van der Waals surface area contributed by atoms with E-state index in [4.69, 9.17) is 4.74 Å². The van der Waals surface area contributed by atoms with Gasteiger partial charge in [0.1, 0.15) is 5.54 Å². The molecule has 1 aromatic carbocycles. The highest BCUT2D eigenvalue weighted by Crippen LogP contribution is 2.32. The lowest BCUT2D eigenvalue weighted by molar-refractivity contribution is -0.144. The lowest BCUT2D eigenvalue weighted by Crippen LogP contribution is -2.62. The molecule has 1 saturated heterocycles. The molecule has 0 radical (unpaired) electrons. The first-order valence-corrected chi connectivity index (χ1v) is 9.67. The fourth-order valence-corrected chi connectivity index (χ4v) is 3.90. The molecule has 7 heteroatoms. The first-order chi connectivity index (χ1) is 13.1. The highest BCUT2D eigenvalue weighted by atomic mass is 16.6. The van der Waals surface area contributed by atoms with E-state index in [-0.39, 0.29) is 17.9 Å². The summed E-state index contributed by atoms with van der Waals surface area (Å²) in [5.74, 6) is -0.402. The number of anilines is 1. The summed E-state index contributed by atoms with van der Waals surface area (Å²) in [6.07, 6.45) is 0.335. The Balaban J connectivity index is 2.28. The topological polar surface area (TPSA) is 79.0 Å². The summed E-state index contributed by atoms with van der Waals surface area (Å²) >= 11 is 0. The van der Waals surface area contributed by atoms with Crippen LogP contribution in [0.3, 0.4) is 0 Å². The minimum atomic E-state index is -1.00. The molecule has 2 rings (SSSR count). The highest BCUT2D eigenvalue weighted by Gasteiger charge is 2.47. The van der Waals surface area contributed by atoms with Gasteiger partial charge >= 0.3 is 6.09 Å². The smallest absolute Gasteiger partial charge is 0.409 e. The standard InChI is InChI=1S/C21H31N3O4/c1-7-28-20(27)24-10-8-21(9-11-24,23(6)17(5)25)19(26)22-18-15(3)12-14(2)13-16(18)4/h12-13H,7-11H2,1-6H3,(H,22,26). The molecule has 0 aromatic heterocycles. The average molecular weight is 389 g/mol. The number of hydrogen-bond acceptors (Lipinski definition) is 4. The number of aryl methyl sites for hydroxylation is 3. The average Bonchev–Trinajstić information content (AvgIpc) is 2.63. The molecule has 154 valence electrons. The summed E-state index contributed by atoms with van der Waals surface area (Å²) in [6, 6.07) is 4.04. The number of hydrogen-bond donors (Lipinski definition) is 1. The first kappa shape index (κ1) is 21.7. The van der Waals surface area contributed by atoms with E-state index in [2.05, 4.69) is 5.32 Å². The van der Waals surface area contributed by atoms with Gasteiger partial charge in [0.15, 0.2) is 0 Å². The number of piperidine rings is 1. The number of nitrogens with zero attached hydrogens (tertiary/aromatic N) is 2. The molecule has 0 bridgehead atoms. The lowest BCUT2D eigenvalue weighted by Gasteiger charge is -2.45. The van der Waals surface area contributed by atoms with Crippen LogP contribution in [-0.2, 0) is 14.3 Å². The van der Waals surface area contributed by atoms with E-state index in [0.29, 0.717) is 32.5 Å². The van der Waals surface area contributed by atoms with Crippen molar-refractivity contribution in [1.29, 1.82) is 0 Å². The van der Waals surface area contributed by atoms with Gasteiger partial charge in [0.25, 0.3) is 0 Å². The Bertz CT molecular complexity index is 744. The molecule has 1 aliphatic rings. The number of rotatable bonds is 4. The van der Waals surface area contributed by atoms with Crippen molar-refractivity contribution in [2.24, 2.45) is 0 Å². The summed E-state index contributed by atoms with van der Waals surface area (Å²) in [5.41, 5.74) is 2.87. The molecule has 1 fully saturated rings. The van der Waals surface area contributed by atoms with Crippen LogP contribution in [0.1, 0.15) is 43.4 Å². The van der Waals surface area contributed by atoms with Crippen LogP contribution in [-0.4, -0.2) is 60.0 Å². The Kier molecular flexibility index (Phi) is 6.69. The Hall–Kier alpha value is -2.57. The number of nitrogens with one attached hydrogen (secondary N) is 1. The second-order valence-electron chi connectivity index (χ2n) is 7.52. The predicted octanol–water partition coefficient (Wildman–Crippen LogP) is 3.02. The van der Waals surface area contributed by atoms with Crippen molar-refractivity contribution >= 4 is 23.6 Å². The Morgan fingerprint density at radius 2 is 1.68 bits per heavy atom. The highest BCUT2D eigenvalue weighted by molar-refractivity contribution is 6.01. The zero-order valence-corrected chi connectivity index (χ0v) is 17.7. The van der Waals surface area contributed by atoms with Crippen LogP contribution >= 0.6 is 0 Å². The van der Waals surface area contributed by atoms with Crippen molar-refractivity contribution < 1.29 is 19.1 Å². The van der Waals surface area contributed by atoms with E-state index in [1.54, 1.807) is 18.9 Å². The number of carbonyl (C=O) groups excluding carboxylic acids is 3. The summed E-state index contributed by atoms with van der Waals surface area (Å²) < 4.78 is 5.06. The van der Waals surface area contributed by atoms with Gasteiger partial charge in [-0.3, -0.25) is 9.59 Å². The second kappa shape index (κ2) is 8.63.